The summed E-state index contributed by atoms with van der Waals surface area (Å²) in [6.07, 6.45) is 0. The van der Waals surface area contributed by atoms with E-state index >= 15 is 0 Å². The Hall–Kier alpha value is -2.22. The van der Waals surface area contributed by atoms with Crippen molar-refractivity contribution in [1.29, 1.82) is 0 Å². The van der Waals surface area contributed by atoms with Crippen LogP contribution in [-0.4, -0.2) is 23.4 Å². The van der Waals surface area contributed by atoms with Gasteiger partial charge in [0.15, 0.2) is 0 Å². The molecule has 0 aliphatic heterocycles. The van der Waals surface area contributed by atoms with Crippen LogP contribution in [0.3, 0.4) is 0 Å². The van der Waals surface area contributed by atoms with Crippen molar-refractivity contribution in [2.24, 2.45) is 0 Å². The smallest absolute Gasteiger partial charge is 0.234 e. The first-order valence-corrected chi connectivity index (χ1v) is 7.44. The molecule has 4 heteroatoms. The van der Waals surface area contributed by atoms with E-state index in [1.165, 1.54) is 11.8 Å². The fraction of sp³-hybridized carbons (Fsp3) is 0.118. The second-order valence-electron chi connectivity index (χ2n) is 4.19. The minimum Gasteiger partial charge on any atom is -0.384 e. The highest BCUT2D eigenvalue weighted by molar-refractivity contribution is 8.00. The van der Waals surface area contributed by atoms with E-state index in [9.17, 15) is 4.79 Å². The molecule has 0 saturated heterocycles. The lowest BCUT2D eigenvalue weighted by atomic mass is 10.2. The van der Waals surface area contributed by atoms with Crippen molar-refractivity contribution in [3.05, 3.63) is 60.2 Å². The number of aliphatic hydroxyl groups excluding tert-OH is 1. The van der Waals surface area contributed by atoms with Crippen LogP contribution in [0.15, 0.2) is 59.5 Å². The van der Waals surface area contributed by atoms with Gasteiger partial charge < -0.3 is 10.4 Å². The third-order valence-corrected chi connectivity index (χ3v) is 3.58. The van der Waals surface area contributed by atoms with Crippen LogP contribution in [0.2, 0.25) is 0 Å². The third-order valence-electron chi connectivity index (χ3n) is 2.57. The summed E-state index contributed by atoms with van der Waals surface area (Å²) in [5, 5.41) is 11.5. The molecule has 3 nitrogen and oxygen atoms in total. The summed E-state index contributed by atoms with van der Waals surface area (Å²) >= 11 is 1.49. The molecule has 0 bridgehead atoms. The molecule has 0 aliphatic rings. The molecule has 0 saturated carbocycles. The van der Waals surface area contributed by atoms with Crippen LogP contribution >= 0.6 is 11.8 Å². The molecule has 0 atom stereocenters. The zero-order valence-electron chi connectivity index (χ0n) is 11.4. The summed E-state index contributed by atoms with van der Waals surface area (Å²) in [5.74, 6) is 5.69. The summed E-state index contributed by atoms with van der Waals surface area (Å²) in [5.41, 5.74) is 1.47. The number of aliphatic hydroxyl groups is 1. The standard InChI is InChI=1S/C17H15NO2S/c19-11-5-7-14-6-4-8-15(12-14)18-17(20)13-21-16-9-2-1-3-10-16/h1-4,6,8-10,12,19H,11,13H2,(H,18,20). The van der Waals surface area contributed by atoms with Gasteiger partial charge in [-0.25, -0.2) is 0 Å². The van der Waals surface area contributed by atoms with E-state index in [1.54, 1.807) is 6.07 Å². The Balaban J connectivity index is 1.90. The predicted molar refractivity (Wildman–Crippen MR) is 86.2 cm³/mol. The third kappa shape index (κ3) is 5.35. The molecule has 0 radical (unpaired) electrons. The number of hydrogen-bond donors (Lipinski definition) is 2. The second kappa shape index (κ2) is 8.15. The Bertz CT molecular complexity index is 659. The van der Waals surface area contributed by atoms with Crippen LogP contribution in [0.4, 0.5) is 5.69 Å². The molecule has 0 fully saturated rings. The van der Waals surface area contributed by atoms with Crippen LogP contribution in [0.25, 0.3) is 0 Å². The van der Waals surface area contributed by atoms with Gasteiger partial charge in [-0.05, 0) is 30.3 Å². The molecule has 2 aromatic rings. The zero-order chi connectivity index (χ0) is 14.9. The van der Waals surface area contributed by atoms with Gasteiger partial charge in [0.1, 0.15) is 6.61 Å². The van der Waals surface area contributed by atoms with Gasteiger partial charge in [-0.15, -0.1) is 11.8 Å². The van der Waals surface area contributed by atoms with E-state index in [0.717, 1.165) is 10.5 Å². The quantitative estimate of drug-likeness (QED) is 0.674. The van der Waals surface area contributed by atoms with Gasteiger partial charge in [0, 0.05) is 16.1 Å². The number of anilines is 1. The van der Waals surface area contributed by atoms with Crippen molar-refractivity contribution >= 4 is 23.4 Å². The summed E-state index contributed by atoms with van der Waals surface area (Å²) in [6, 6.07) is 17.0. The van der Waals surface area contributed by atoms with Crippen molar-refractivity contribution < 1.29 is 9.90 Å². The first-order chi connectivity index (χ1) is 10.3. The van der Waals surface area contributed by atoms with Crippen molar-refractivity contribution in [2.75, 3.05) is 17.7 Å². The molecule has 0 aliphatic carbocycles. The summed E-state index contributed by atoms with van der Waals surface area (Å²) in [6.45, 7) is -0.176. The Labute approximate surface area is 128 Å². The minimum atomic E-state index is -0.176. The Kier molecular flexibility index (Phi) is 5.89. The topological polar surface area (TPSA) is 49.3 Å². The first-order valence-electron chi connectivity index (χ1n) is 6.45. The minimum absolute atomic E-state index is 0.0591. The van der Waals surface area contributed by atoms with E-state index in [1.807, 2.05) is 48.5 Å². The van der Waals surface area contributed by atoms with Gasteiger partial charge in [0.2, 0.25) is 5.91 Å². The number of amides is 1. The van der Waals surface area contributed by atoms with Crippen molar-refractivity contribution in [3.63, 3.8) is 0 Å². The first kappa shape index (κ1) is 15.2. The fourth-order valence-electron chi connectivity index (χ4n) is 1.68. The normalized spacial score (nSPS) is 9.57. The highest BCUT2D eigenvalue weighted by Gasteiger charge is 2.03. The summed E-state index contributed by atoms with van der Waals surface area (Å²) < 4.78 is 0. The number of nitrogens with one attached hydrogen (secondary N) is 1. The maximum Gasteiger partial charge on any atom is 0.234 e. The number of carbonyl (C=O) groups is 1. The van der Waals surface area contributed by atoms with Gasteiger partial charge in [-0.1, -0.05) is 36.1 Å². The zero-order valence-corrected chi connectivity index (χ0v) is 12.2. The average Bonchev–Trinajstić information content (AvgIpc) is 2.52. The molecular weight excluding hydrogens is 282 g/mol. The average molecular weight is 297 g/mol. The van der Waals surface area contributed by atoms with Gasteiger partial charge in [-0.2, -0.15) is 0 Å². The molecule has 0 heterocycles. The molecular formula is C17H15NO2S. The maximum atomic E-state index is 11.9. The van der Waals surface area contributed by atoms with Crippen molar-refractivity contribution in [2.45, 2.75) is 4.90 Å². The molecule has 106 valence electrons. The Morgan fingerprint density at radius 1 is 1.14 bits per heavy atom. The van der Waals surface area contributed by atoms with E-state index in [0.29, 0.717) is 11.4 Å². The monoisotopic (exact) mass is 297 g/mol. The van der Waals surface area contributed by atoms with Crippen LogP contribution < -0.4 is 5.32 Å². The van der Waals surface area contributed by atoms with Gasteiger partial charge in [-0.3, -0.25) is 4.79 Å². The van der Waals surface area contributed by atoms with Gasteiger partial charge in [0.05, 0.1) is 5.75 Å². The Morgan fingerprint density at radius 3 is 2.71 bits per heavy atom. The number of thioether (sulfide) groups is 1. The van der Waals surface area contributed by atoms with Gasteiger partial charge >= 0.3 is 0 Å². The van der Waals surface area contributed by atoms with Crippen molar-refractivity contribution in [1.82, 2.24) is 0 Å². The van der Waals surface area contributed by atoms with Crippen LogP contribution in [-0.2, 0) is 4.79 Å². The highest BCUT2D eigenvalue weighted by Crippen LogP contribution is 2.17. The molecule has 2 N–H and O–H groups in total. The van der Waals surface area contributed by atoms with E-state index in [2.05, 4.69) is 17.2 Å². The SMILES string of the molecule is O=C(CSc1ccccc1)Nc1cccc(C#CCO)c1. The molecule has 0 spiro atoms. The highest BCUT2D eigenvalue weighted by atomic mass is 32.2. The van der Waals surface area contributed by atoms with Crippen LogP contribution in [0, 0.1) is 11.8 Å². The molecule has 0 unspecified atom stereocenters. The summed E-state index contributed by atoms with van der Waals surface area (Å²) in [7, 11) is 0. The maximum absolute atomic E-state index is 11.9. The molecule has 0 aromatic heterocycles. The number of rotatable bonds is 4. The Morgan fingerprint density at radius 2 is 1.95 bits per heavy atom. The van der Waals surface area contributed by atoms with E-state index in [-0.39, 0.29) is 12.5 Å². The number of hydrogen-bond acceptors (Lipinski definition) is 3. The molecule has 2 aromatic carbocycles. The molecule has 1 amide bonds. The van der Waals surface area contributed by atoms with E-state index < -0.39 is 0 Å². The van der Waals surface area contributed by atoms with E-state index in [4.69, 9.17) is 5.11 Å². The molecule has 2 rings (SSSR count). The van der Waals surface area contributed by atoms with Crippen molar-refractivity contribution in [3.8, 4) is 11.8 Å². The lowest BCUT2D eigenvalue weighted by molar-refractivity contribution is -0.113. The van der Waals surface area contributed by atoms with Gasteiger partial charge in [0.25, 0.3) is 0 Å². The largest absolute Gasteiger partial charge is 0.384 e. The number of benzene rings is 2. The predicted octanol–water partition coefficient (Wildman–Crippen LogP) is 2.76. The van der Waals surface area contributed by atoms with Crippen LogP contribution in [0.1, 0.15) is 5.56 Å². The summed E-state index contributed by atoms with van der Waals surface area (Å²) in [4.78, 5) is 13.0. The second-order valence-corrected chi connectivity index (χ2v) is 5.24. The molecule has 21 heavy (non-hydrogen) atoms. The lowest BCUT2D eigenvalue weighted by Crippen LogP contribution is -2.13. The fourth-order valence-corrected chi connectivity index (χ4v) is 2.40. The van der Waals surface area contributed by atoms with Crippen LogP contribution in [0.5, 0.6) is 0 Å². The lowest BCUT2D eigenvalue weighted by Gasteiger charge is -2.05. The number of carbonyl (C=O) groups excluding carboxylic acids is 1.